The molecule has 0 radical (unpaired) electrons. The number of hydrogen-bond donors (Lipinski definition) is 2. The van der Waals surface area contributed by atoms with Gasteiger partial charge in [0, 0.05) is 12.1 Å². The van der Waals surface area contributed by atoms with Crippen molar-refractivity contribution in [2.75, 3.05) is 18.4 Å². The molecule has 4 nitrogen and oxygen atoms in total. The second kappa shape index (κ2) is 6.33. The number of thiazole rings is 1. The maximum atomic E-state index is 12.0. The third-order valence-corrected chi connectivity index (χ3v) is 4.65. The number of rotatable bonds is 4. The van der Waals surface area contributed by atoms with Gasteiger partial charge < -0.3 is 10.6 Å². The summed E-state index contributed by atoms with van der Waals surface area (Å²) < 4.78 is 1.11. The molecule has 1 aliphatic rings. The van der Waals surface area contributed by atoms with E-state index in [4.69, 9.17) is 0 Å². The molecular formula is C15H19N3OS. The van der Waals surface area contributed by atoms with E-state index in [-0.39, 0.29) is 5.91 Å². The van der Waals surface area contributed by atoms with Gasteiger partial charge in [0.25, 0.3) is 0 Å². The number of carbonyl (C=O) groups excluding carboxylic acids is 1. The lowest BCUT2D eigenvalue weighted by Gasteiger charge is -2.22. The van der Waals surface area contributed by atoms with Crippen LogP contribution in [-0.2, 0) is 4.79 Å². The van der Waals surface area contributed by atoms with Crippen molar-refractivity contribution in [3.05, 3.63) is 23.7 Å². The highest BCUT2D eigenvalue weighted by Crippen LogP contribution is 2.22. The first-order valence-electron chi connectivity index (χ1n) is 7.15. The topological polar surface area (TPSA) is 54.0 Å². The van der Waals surface area contributed by atoms with Crippen LogP contribution in [0.5, 0.6) is 0 Å². The van der Waals surface area contributed by atoms with Crippen LogP contribution in [0.1, 0.15) is 25.7 Å². The molecule has 0 spiro atoms. The molecule has 20 heavy (non-hydrogen) atoms. The molecule has 5 heteroatoms. The Morgan fingerprint density at radius 1 is 1.40 bits per heavy atom. The van der Waals surface area contributed by atoms with E-state index >= 15 is 0 Å². The number of amides is 1. The standard InChI is InChI=1S/C15H19N3OS/c19-15(4-1-11-5-7-16-8-6-11)18-12-2-3-13-14(9-12)20-10-17-13/h2-3,9-11,16H,1,4-8H2,(H,18,19). The van der Waals surface area contributed by atoms with Crippen molar-refractivity contribution in [2.45, 2.75) is 25.7 Å². The first kappa shape index (κ1) is 13.5. The van der Waals surface area contributed by atoms with Crippen LogP contribution in [0.3, 0.4) is 0 Å². The van der Waals surface area contributed by atoms with Crippen LogP contribution in [0.2, 0.25) is 0 Å². The summed E-state index contributed by atoms with van der Waals surface area (Å²) >= 11 is 1.60. The van der Waals surface area contributed by atoms with Crippen LogP contribution >= 0.6 is 11.3 Å². The predicted octanol–water partition coefficient (Wildman–Crippen LogP) is 3.01. The Morgan fingerprint density at radius 2 is 2.25 bits per heavy atom. The van der Waals surface area contributed by atoms with Crippen LogP contribution in [0.25, 0.3) is 10.2 Å². The van der Waals surface area contributed by atoms with Gasteiger partial charge in [-0.3, -0.25) is 4.79 Å². The van der Waals surface area contributed by atoms with Crippen molar-refractivity contribution in [3.8, 4) is 0 Å². The molecule has 1 fully saturated rings. The highest BCUT2D eigenvalue weighted by molar-refractivity contribution is 7.16. The fraction of sp³-hybridized carbons (Fsp3) is 0.467. The molecular weight excluding hydrogens is 270 g/mol. The van der Waals surface area contributed by atoms with E-state index in [0.717, 1.165) is 35.4 Å². The van der Waals surface area contributed by atoms with Crippen molar-refractivity contribution in [1.29, 1.82) is 0 Å². The highest BCUT2D eigenvalue weighted by atomic mass is 32.1. The van der Waals surface area contributed by atoms with Gasteiger partial charge in [-0.15, -0.1) is 11.3 Å². The summed E-state index contributed by atoms with van der Waals surface area (Å²) in [4.78, 5) is 16.2. The Labute approximate surface area is 122 Å². The SMILES string of the molecule is O=C(CCC1CCNCC1)Nc1ccc2ncsc2c1. The van der Waals surface area contributed by atoms with E-state index in [1.807, 2.05) is 23.7 Å². The largest absolute Gasteiger partial charge is 0.326 e. The van der Waals surface area contributed by atoms with Crippen LogP contribution < -0.4 is 10.6 Å². The molecule has 1 amide bonds. The molecule has 2 N–H and O–H groups in total. The first-order chi connectivity index (χ1) is 9.81. The molecule has 1 aliphatic heterocycles. The molecule has 1 aromatic heterocycles. The molecule has 0 unspecified atom stereocenters. The number of aromatic nitrogens is 1. The fourth-order valence-electron chi connectivity index (χ4n) is 2.66. The van der Waals surface area contributed by atoms with Gasteiger partial charge in [-0.25, -0.2) is 4.98 Å². The van der Waals surface area contributed by atoms with E-state index < -0.39 is 0 Å². The zero-order chi connectivity index (χ0) is 13.8. The van der Waals surface area contributed by atoms with Crippen molar-refractivity contribution in [3.63, 3.8) is 0 Å². The predicted molar refractivity (Wildman–Crippen MR) is 83.1 cm³/mol. The summed E-state index contributed by atoms with van der Waals surface area (Å²) in [6.07, 6.45) is 4.00. The minimum Gasteiger partial charge on any atom is -0.326 e. The van der Waals surface area contributed by atoms with Crippen molar-refractivity contribution in [1.82, 2.24) is 10.3 Å². The zero-order valence-corrected chi connectivity index (χ0v) is 12.2. The molecule has 106 valence electrons. The monoisotopic (exact) mass is 289 g/mol. The Morgan fingerprint density at radius 3 is 3.10 bits per heavy atom. The Kier molecular flexibility index (Phi) is 4.28. The second-order valence-corrected chi connectivity index (χ2v) is 6.20. The Balaban J connectivity index is 1.52. The highest BCUT2D eigenvalue weighted by Gasteiger charge is 2.14. The van der Waals surface area contributed by atoms with Gasteiger partial charge in [0.05, 0.1) is 15.7 Å². The Hall–Kier alpha value is -1.46. The van der Waals surface area contributed by atoms with Crippen molar-refractivity contribution >= 4 is 33.1 Å². The molecule has 2 aromatic rings. The second-order valence-electron chi connectivity index (χ2n) is 5.32. The van der Waals surface area contributed by atoms with Crippen LogP contribution in [0.15, 0.2) is 23.7 Å². The third-order valence-electron chi connectivity index (χ3n) is 3.85. The summed E-state index contributed by atoms with van der Waals surface area (Å²) in [6, 6.07) is 5.87. The maximum Gasteiger partial charge on any atom is 0.224 e. The number of anilines is 1. The average Bonchev–Trinajstić information content (AvgIpc) is 2.94. The van der Waals surface area contributed by atoms with Gasteiger partial charge in [-0.1, -0.05) is 0 Å². The third kappa shape index (κ3) is 3.35. The first-order valence-corrected chi connectivity index (χ1v) is 8.03. The smallest absolute Gasteiger partial charge is 0.224 e. The maximum absolute atomic E-state index is 12.0. The van der Waals surface area contributed by atoms with Gasteiger partial charge in [-0.2, -0.15) is 0 Å². The molecule has 1 saturated heterocycles. The summed E-state index contributed by atoms with van der Waals surface area (Å²) in [7, 11) is 0. The van der Waals surface area contributed by atoms with Crippen LogP contribution in [0, 0.1) is 5.92 Å². The van der Waals surface area contributed by atoms with Gasteiger partial charge in [0.2, 0.25) is 5.91 Å². The summed E-state index contributed by atoms with van der Waals surface area (Å²) in [5.74, 6) is 0.818. The molecule has 3 rings (SSSR count). The molecule has 0 saturated carbocycles. The zero-order valence-electron chi connectivity index (χ0n) is 11.4. The number of piperidine rings is 1. The number of carbonyl (C=O) groups is 1. The number of fused-ring (bicyclic) bond motifs is 1. The van der Waals surface area contributed by atoms with Gasteiger partial charge in [0.15, 0.2) is 0 Å². The van der Waals surface area contributed by atoms with E-state index in [9.17, 15) is 4.79 Å². The number of hydrogen-bond acceptors (Lipinski definition) is 4. The van der Waals surface area contributed by atoms with Crippen LogP contribution in [-0.4, -0.2) is 24.0 Å². The summed E-state index contributed by atoms with van der Waals surface area (Å²) in [6.45, 7) is 2.18. The van der Waals surface area contributed by atoms with Gasteiger partial charge >= 0.3 is 0 Å². The lowest BCUT2D eigenvalue weighted by Crippen LogP contribution is -2.28. The lowest BCUT2D eigenvalue weighted by molar-refractivity contribution is -0.116. The van der Waals surface area contributed by atoms with Crippen LogP contribution in [0.4, 0.5) is 5.69 Å². The molecule has 2 heterocycles. The molecule has 0 aliphatic carbocycles. The Bertz CT molecular complexity index is 590. The quantitative estimate of drug-likeness (QED) is 0.909. The number of benzene rings is 1. The minimum absolute atomic E-state index is 0.118. The number of nitrogens with zero attached hydrogens (tertiary/aromatic N) is 1. The summed E-state index contributed by atoms with van der Waals surface area (Å²) in [5.41, 5.74) is 3.69. The normalized spacial score (nSPS) is 16.4. The number of nitrogens with one attached hydrogen (secondary N) is 2. The molecule has 1 aromatic carbocycles. The van der Waals surface area contributed by atoms with E-state index in [1.165, 1.54) is 12.8 Å². The fourth-order valence-corrected chi connectivity index (χ4v) is 3.38. The summed E-state index contributed by atoms with van der Waals surface area (Å²) in [5, 5.41) is 6.34. The molecule has 0 atom stereocenters. The minimum atomic E-state index is 0.118. The molecule has 0 bridgehead atoms. The lowest BCUT2D eigenvalue weighted by atomic mass is 9.93. The average molecular weight is 289 g/mol. The van der Waals surface area contributed by atoms with Crippen molar-refractivity contribution in [2.24, 2.45) is 5.92 Å². The van der Waals surface area contributed by atoms with E-state index in [0.29, 0.717) is 12.3 Å². The van der Waals surface area contributed by atoms with Crippen molar-refractivity contribution < 1.29 is 4.79 Å². The van der Waals surface area contributed by atoms with E-state index in [1.54, 1.807) is 11.3 Å². The van der Waals surface area contributed by atoms with E-state index in [2.05, 4.69) is 15.6 Å². The van der Waals surface area contributed by atoms with Gasteiger partial charge in [0.1, 0.15) is 0 Å². The van der Waals surface area contributed by atoms with Gasteiger partial charge in [-0.05, 0) is 56.5 Å².